The minimum atomic E-state index is -0.593. The molecule has 0 aliphatic rings. The molecule has 1 aromatic heterocycles. The number of aryl methyl sites for hydroxylation is 2. The van der Waals surface area contributed by atoms with Gasteiger partial charge in [0.25, 0.3) is 0 Å². The second-order valence-electron chi connectivity index (χ2n) is 5.42. The maximum atomic E-state index is 12.1. The Bertz CT molecular complexity index is 634. The molecule has 1 aromatic carbocycles. The highest BCUT2D eigenvalue weighted by molar-refractivity contribution is 7.22. The fourth-order valence-electron chi connectivity index (χ4n) is 1.75. The molecule has 0 aliphatic carbocycles. The summed E-state index contributed by atoms with van der Waals surface area (Å²) in [5, 5.41) is 3.48. The molecule has 0 radical (unpaired) electrons. The van der Waals surface area contributed by atoms with E-state index in [1.54, 1.807) is 0 Å². The molecular weight excluding hydrogens is 280 g/mol. The zero-order valence-electron chi connectivity index (χ0n) is 11.5. The molecule has 1 heterocycles. The second kappa shape index (κ2) is 5.10. The van der Waals surface area contributed by atoms with Crippen LogP contribution in [0.25, 0.3) is 10.2 Å². The number of fused-ring (bicyclic) bond motifs is 1. The normalized spacial score (nSPS) is 11.8. The van der Waals surface area contributed by atoms with Gasteiger partial charge in [-0.25, -0.2) is 4.98 Å². The molecule has 19 heavy (non-hydrogen) atoms. The molecule has 0 bridgehead atoms. The van der Waals surface area contributed by atoms with E-state index in [1.165, 1.54) is 16.9 Å². The van der Waals surface area contributed by atoms with E-state index in [2.05, 4.69) is 29.4 Å². The number of alkyl halides is 1. The van der Waals surface area contributed by atoms with Crippen LogP contribution >= 0.6 is 22.9 Å². The van der Waals surface area contributed by atoms with Crippen molar-refractivity contribution in [3.05, 3.63) is 23.3 Å². The van der Waals surface area contributed by atoms with Crippen molar-refractivity contribution in [2.24, 2.45) is 5.41 Å². The smallest absolute Gasteiger partial charge is 0.233 e. The lowest BCUT2D eigenvalue weighted by molar-refractivity contribution is -0.122. The molecule has 2 rings (SSSR count). The predicted octanol–water partition coefficient (Wildman–Crippen LogP) is 4.12. The molecule has 0 atom stereocenters. The summed E-state index contributed by atoms with van der Waals surface area (Å²) in [6.45, 7) is 7.72. The van der Waals surface area contributed by atoms with E-state index < -0.39 is 5.41 Å². The fraction of sp³-hybridized carbons (Fsp3) is 0.429. The van der Waals surface area contributed by atoms with Gasteiger partial charge in [0.05, 0.1) is 15.6 Å². The number of hydrogen-bond acceptors (Lipinski definition) is 3. The number of carbonyl (C=O) groups excluding carboxylic acids is 1. The zero-order chi connectivity index (χ0) is 14.2. The summed E-state index contributed by atoms with van der Waals surface area (Å²) in [6.07, 6.45) is 0. The van der Waals surface area contributed by atoms with Crippen LogP contribution in [0.15, 0.2) is 12.1 Å². The number of thiazole rings is 1. The van der Waals surface area contributed by atoms with Crippen LogP contribution in [-0.4, -0.2) is 16.8 Å². The number of aromatic nitrogens is 1. The number of halogens is 1. The Morgan fingerprint density at radius 1 is 1.42 bits per heavy atom. The molecule has 0 saturated heterocycles. The van der Waals surface area contributed by atoms with E-state index in [4.69, 9.17) is 11.6 Å². The van der Waals surface area contributed by atoms with Crippen LogP contribution in [0.3, 0.4) is 0 Å². The Kier molecular flexibility index (Phi) is 3.83. The molecule has 0 unspecified atom stereocenters. The predicted molar refractivity (Wildman–Crippen MR) is 82.2 cm³/mol. The van der Waals surface area contributed by atoms with Crippen molar-refractivity contribution in [2.75, 3.05) is 11.2 Å². The van der Waals surface area contributed by atoms with Crippen molar-refractivity contribution >= 4 is 44.2 Å². The van der Waals surface area contributed by atoms with Crippen molar-refractivity contribution in [3.63, 3.8) is 0 Å². The van der Waals surface area contributed by atoms with Gasteiger partial charge in [-0.05, 0) is 44.9 Å². The lowest BCUT2D eigenvalue weighted by atomic mass is 9.95. The summed E-state index contributed by atoms with van der Waals surface area (Å²) in [6, 6.07) is 4.18. The number of hydrogen-bond donors (Lipinski definition) is 1. The van der Waals surface area contributed by atoms with Gasteiger partial charge >= 0.3 is 0 Å². The van der Waals surface area contributed by atoms with Gasteiger partial charge in [-0.3, -0.25) is 4.79 Å². The van der Waals surface area contributed by atoms with Gasteiger partial charge < -0.3 is 5.32 Å². The van der Waals surface area contributed by atoms with Crippen molar-refractivity contribution in [3.8, 4) is 0 Å². The topological polar surface area (TPSA) is 42.0 Å². The molecule has 102 valence electrons. The maximum absolute atomic E-state index is 12.1. The highest BCUT2D eigenvalue weighted by Crippen LogP contribution is 2.30. The minimum Gasteiger partial charge on any atom is -0.301 e. The third-order valence-corrected chi connectivity index (χ3v) is 4.59. The first-order chi connectivity index (χ1) is 8.83. The van der Waals surface area contributed by atoms with Crippen molar-refractivity contribution in [1.29, 1.82) is 0 Å². The SMILES string of the molecule is Cc1cc(C)c2nc(NC(=O)C(C)(C)CCl)sc2c1. The maximum Gasteiger partial charge on any atom is 0.233 e. The highest BCUT2D eigenvalue weighted by Gasteiger charge is 2.27. The monoisotopic (exact) mass is 296 g/mol. The Hall–Kier alpha value is -1.13. The van der Waals surface area contributed by atoms with Crippen LogP contribution in [0.1, 0.15) is 25.0 Å². The molecular formula is C14H17ClN2OS. The van der Waals surface area contributed by atoms with Crippen LogP contribution in [0, 0.1) is 19.3 Å². The first-order valence-electron chi connectivity index (χ1n) is 6.09. The third kappa shape index (κ3) is 2.90. The number of amides is 1. The average molecular weight is 297 g/mol. The molecule has 1 N–H and O–H groups in total. The Morgan fingerprint density at radius 2 is 2.11 bits per heavy atom. The van der Waals surface area contributed by atoms with Crippen molar-refractivity contribution in [1.82, 2.24) is 4.98 Å². The average Bonchev–Trinajstić information content (AvgIpc) is 2.71. The molecule has 0 saturated carbocycles. The number of carbonyl (C=O) groups is 1. The molecule has 0 spiro atoms. The van der Waals surface area contributed by atoms with E-state index >= 15 is 0 Å². The summed E-state index contributed by atoms with van der Waals surface area (Å²) in [5.74, 6) is 0.179. The van der Waals surface area contributed by atoms with E-state index in [-0.39, 0.29) is 11.8 Å². The van der Waals surface area contributed by atoms with Gasteiger partial charge in [0.2, 0.25) is 5.91 Å². The third-order valence-electron chi connectivity index (χ3n) is 3.00. The van der Waals surface area contributed by atoms with Gasteiger partial charge in [0.1, 0.15) is 0 Å². The van der Waals surface area contributed by atoms with Crippen LogP contribution in [0.5, 0.6) is 0 Å². The lowest BCUT2D eigenvalue weighted by Crippen LogP contribution is -2.32. The van der Waals surface area contributed by atoms with Gasteiger partial charge in [-0.15, -0.1) is 11.6 Å². The standard InChI is InChI=1S/C14H17ClN2OS/c1-8-5-9(2)11-10(6-8)19-13(16-11)17-12(18)14(3,4)7-15/h5-6H,7H2,1-4H3,(H,16,17,18). The van der Waals surface area contributed by atoms with E-state index in [0.717, 1.165) is 15.8 Å². The summed E-state index contributed by atoms with van der Waals surface area (Å²) < 4.78 is 1.09. The molecule has 5 heteroatoms. The quantitative estimate of drug-likeness (QED) is 0.866. The Labute approximate surface area is 122 Å². The van der Waals surface area contributed by atoms with Crippen LogP contribution in [0.4, 0.5) is 5.13 Å². The Balaban J connectivity index is 2.33. The molecule has 2 aromatic rings. The van der Waals surface area contributed by atoms with E-state index in [9.17, 15) is 4.79 Å². The minimum absolute atomic E-state index is 0.101. The number of nitrogens with zero attached hydrogens (tertiary/aromatic N) is 1. The largest absolute Gasteiger partial charge is 0.301 e. The second-order valence-corrected chi connectivity index (χ2v) is 6.72. The van der Waals surface area contributed by atoms with Crippen molar-refractivity contribution < 1.29 is 4.79 Å². The summed E-state index contributed by atoms with van der Waals surface area (Å²) in [5.41, 5.74) is 2.69. The number of benzene rings is 1. The summed E-state index contributed by atoms with van der Waals surface area (Å²) >= 11 is 7.30. The van der Waals surface area contributed by atoms with Gasteiger partial charge in [-0.2, -0.15) is 0 Å². The van der Waals surface area contributed by atoms with E-state index in [1.807, 2.05) is 20.8 Å². The number of rotatable bonds is 3. The Morgan fingerprint density at radius 3 is 2.74 bits per heavy atom. The molecule has 0 fully saturated rings. The highest BCUT2D eigenvalue weighted by atomic mass is 35.5. The zero-order valence-corrected chi connectivity index (χ0v) is 13.1. The molecule has 0 aliphatic heterocycles. The van der Waals surface area contributed by atoms with Crippen molar-refractivity contribution in [2.45, 2.75) is 27.7 Å². The van der Waals surface area contributed by atoms with Crippen LogP contribution in [0.2, 0.25) is 0 Å². The first kappa shape index (κ1) is 14.3. The number of anilines is 1. The van der Waals surface area contributed by atoms with Crippen LogP contribution < -0.4 is 5.32 Å². The fourth-order valence-corrected chi connectivity index (χ4v) is 2.91. The molecule has 3 nitrogen and oxygen atoms in total. The van der Waals surface area contributed by atoms with Gasteiger partial charge in [-0.1, -0.05) is 17.4 Å². The van der Waals surface area contributed by atoms with Gasteiger partial charge in [0.15, 0.2) is 5.13 Å². The lowest BCUT2D eigenvalue weighted by Gasteiger charge is -2.18. The molecule has 1 amide bonds. The van der Waals surface area contributed by atoms with Crippen LogP contribution in [-0.2, 0) is 4.79 Å². The first-order valence-corrected chi connectivity index (χ1v) is 7.44. The van der Waals surface area contributed by atoms with E-state index in [0.29, 0.717) is 5.13 Å². The summed E-state index contributed by atoms with van der Waals surface area (Å²) in [7, 11) is 0. The number of nitrogens with one attached hydrogen (secondary N) is 1. The summed E-state index contributed by atoms with van der Waals surface area (Å²) in [4.78, 5) is 16.5. The van der Waals surface area contributed by atoms with Gasteiger partial charge in [0, 0.05) is 5.88 Å².